The number of rotatable bonds is 11. The first-order valence-electron chi connectivity index (χ1n) is 16.3. The number of nitrogens with zero attached hydrogens (tertiary/aromatic N) is 2. The summed E-state index contributed by atoms with van der Waals surface area (Å²) in [6.07, 6.45) is 4.96. The number of fused-ring (bicyclic) bond motifs is 1. The van der Waals surface area contributed by atoms with Gasteiger partial charge in [-0.1, -0.05) is 57.2 Å². The number of carbonyl (C=O) groups is 5. The number of carboxylic acids is 1. The van der Waals surface area contributed by atoms with E-state index in [0.717, 1.165) is 25.7 Å². The van der Waals surface area contributed by atoms with Crippen LogP contribution in [-0.4, -0.2) is 77.2 Å². The lowest BCUT2D eigenvalue weighted by atomic mass is 9.87. The zero-order valence-corrected chi connectivity index (χ0v) is 28.3. The lowest BCUT2D eigenvalue weighted by molar-refractivity contribution is -0.142. The zero-order chi connectivity index (χ0) is 34.4. The summed E-state index contributed by atoms with van der Waals surface area (Å²) < 4.78 is 4.24. The summed E-state index contributed by atoms with van der Waals surface area (Å²) in [7, 11) is 1.19. The molecule has 2 heterocycles. The van der Waals surface area contributed by atoms with E-state index in [1.54, 1.807) is 29.2 Å². The van der Waals surface area contributed by atoms with E-state index in [1.165, 1.54) is 13.3 Å². The highest BCUT2D eigenvalue weighted by Crippen LogP contribution is 2.44. The molecule has 2 aliphatic heterocycles. The Labute approximate surface area is 272 Å². The molecule has 3 rings (SSSR count). The van der Waals surface area contributed by atoms with Crippen LogP contribution in [-0.2, 0) is 19.1 Å². The Balaban J connectivity index is 2.09. The third kappa shape index (κ3) is 8.14. The quantitative estimate of drug-likeness (QED) is 0.247. The van der Waals surface area contributed by atoms with Crippen molar-refractivity contribution in [1.82, 2.24) is 20.0 Å². The molecule has 0 aliphatic carbocycles. The van der Waals surface area contributed by atoms with Gasteiger partial charge >= 0.3 is 24.0 Å². The summed E-state index contributed by atoms with van der Waals surface area (Å²) in [6.45, 7) is 11.7. The van der Waals surface area contributed by atoms with E-state index >= 15 is 0 Å². The lowest BCUT2D eigenvalue weighted by Gasteiger charge is -2.39. The van der Waals surface area contributed by atoms with Crippen LogP contribution >= 0.6 is 0 Å². The van der Waals surface area contributed by atoms with E-state index in [0.29, 0.717) is 29.7 Å². The van der Waals surface area contributed by atoms with Crippen molar-refractivity contribution in [3.63, 3.8) is 0 Å². The molecular weight excluding hydrogens is 590 g/mol. The third-order valence-corrected chi connectivity index (χ3v) is 8.87. The maximum Gasteiger partial charge on any atom is 0.533 e. The molecule has 5 amide bonds. The summed E-state index contributed by atoms with van der Waals surface area (Å²) in [5.41, 5.74) is 7.41. The first kappa shape index (κ1) is 36.7. The molecule has 0 saturated carbocycles. The Morgan fingerprint density at radius 3 is 2.26 bits per heavy atom. The Hall–Kier alpha value is -3.77. The van der Waals surface area contributed by atoms with Crippen LogP contribution in [0.5, 0.6) is 0 Å². The summed E-state index contributed by atoms with van der Waals surface area (Å²) >= 11 is 0. The van der Waals surface area contributed by atoms with Crippen molar-refractivity contribution in [3.8, 4) is 0 Å². The Morgan fingerprint density at radius 1 is 1.07 bits per heavy atom. The number of quaternary nitrogens is 1. The number of unbranched alkanes of at least 4 members (excludes halogenated alkanes) is 1. The number of benzene rings is 1. The van der Waals surface area contributed by atoms with Crippen LogP contribution in [0.3, 0.4) is 0 Å². The van der Waals surface area contributed by atoms with Crippen LogP contribution in [0.15, 0.2) is 30.5 Å². The smallest absolute Gasteiger partial charge is 0.480 e. The fourth-order valence-electron chi connectivity index (χ4n) is 6.58. The monoisotopic (exact) mass is 642 g/mol. The Kier molecular flexibility index (Phi) is 12.1. The van der Waals surface area contributed by atoms with Gasteiger partial charge in [-0.15, -0.1) is 0 Å². The molecule has 1 aromatic carbocycles. The fourth-order valence-corrected chi connectivity index (χ4v) is 6.58. The summed E-state index contributed by atoms with van der Waals surface area (Å²) in [5.74, 6) is -2.43. The molecule has 1 saturated heterocycles. The van der Waals surface area contributed by atoms with Crippen molar-refractivity contribution in [1.29, 1.82) is 0 Å². The van der Waals surface area contributed by atoms with Gasteiger partial charge in [0.15, 0.2) is 5.69 Å². The molecule has 254 valence electrons. The average Bonchev–Trinajstić information content (AvgIpc) is 3.31. The number of amides is 5. The van der Waals surface area contributed by atoms with Crippen LogP contribution in [0.25, 0.3) is 5.57 Å². The molecule has 46 heavy (non-hydrogen) atoms. The minimum atomic E-state index is -1.22. The molecule has 12 nitrogen and oxygen atoms in total. The highest BCUT2D eigenvalue weighted by atomic mass is 16.5. The van der Waals surface area contributed by atoms with Crippen molar-refractivity contribution in [2.75, 3.05) is 7.11 Å². The molecule has 1 fully saturated rings. The number of hydrogen-bond acceptors (Lipinski definition) is 7. The van der Waals surface area contributed by atoms with E-state index in [-0.39, 0.29) is 30.3 Å². The number of hydrogen-bond donors (Lipinski definition) is 4. The summed E-state index contributed by atoms with van der Waals surface area (Å²) in [6, 6.07) is 2.90. The highest BCUT2D eigenvalue weighted by Gasteiger charge is 2.55. The van der Waals surface area contributed by atoms with Crippen molar-refractivity contribution < 1.29 is 33.8 Å². The average molecular weight is 643 g/mol. The van der Waals surface area contributed by atoms with Gasteiger partial charge in [0.1, 0.15) is 24.3 Å². The molecule has 6 atom stereocenters. The Bertz CT molecular complexity index is 1330. The number of aliphatic carboxylic acids is 1. The first-order valence-corrected chi connectivity index (χ1v) is 16.3. The maximum absolute atomic E-state index is 14.1. The van der Waals surface area contributed by atoms with Crippen molar-refractivity contribution in [2.45, 2.75) is 123 Å². The van der Waals surface area contributed by atoms with Gasteiger partial charge < -0.3 is 31.1 Å². The van der Waals surface area contributed by atoms with Gasteiger partial charge in [-0.3, -0.25) is 4.79 Å². The van der Waals surface area contributed by atoms with Crippen LogP contribution < -0.4 is 20.9 Å². The maximum atomic E-state index is 14.1. The number of nitrogens with one attached hydrogen (secondary N) is 2. The minimum Gasteiger partial charge on any atom is -0.480 e. The molecule has 0 bridgehead atoms. The highest BCUT2D eigenvalue weighted by molar-refractivity contribution is 6.14. The second kappa shape index (κ2) is 15.2. The number of ether oxygens (including phenoxy) is 1. The van der Waals surface area contributed by atoms with Crippen molar-refractivity contribution in [3.05, 3.63) is 36.0 Å². The Morgan fingerprint density at radius 2 is 1.70 bits per heavy atom. The van der Waals surface area contributed by atoms with Gasteiger partial charge in [-0.05, 0) is 57.4 Å². The summed E-state index contributed by atoms with van der Waals surface area (Å²) in [5, 5.41) is 15.3. The van der Waals surface area contributed by atoms with Gasteiger partial charge in [0.2, 0.25) is 5.91 Å². The molecule has 0 radical (unpaired) electrons. The number of nitrogens with two attached hydrogens (primary N) is 1. The first-order chi connectivity index (χ1) is 21.6. The molecular formula is C34H52N5O7+. The topological polar surface area (TPSA) is 168 Å². The molecule has 1 unspecified atom stereocenters. The molecule has 0 spiro atoms. The molecule has 5 N–H and O–H groups in total. The number of piperidine rings is 1. The SMILES string of the molecule is CCCC[C@@H](NC(=O)[C@H](CC1=C[N+](C(=O)OC)(C(=O)[C@@H](N)CC(C)(C)C)c2ccccc21)NC(=O)N1[C@H](C)CCC[C@@H]1C)C(=O)O. The van der Waals surface area contributed by atoms with E-state index in [9.17, 15) is 29.1 Å². The lowest BCUT2D eigenvalue weighted by Crippen LogP contribution is -2.60. The second-order valence-electron chi connectivity index (χ2n) is 13.9. The van der Waals surface area contributed by atoms with E-state index in [1.807, 2.05) is 41.5 Å². The van der Waals surface area contributed by atoms with Crippen LogP contribution in [0.4, 0.5) is 15.3 Å². The number of urea groups is 1. The van der Waals surface area contributed by atoms with Gasteiger partial charge in [0.25, 0.3) is 0 Å². The molecule has 0 aromatic heterocycles. The van der Waals surface area contributed by atoms with Crippen LogP contribution in [0.2, 0.25) is 0 Å². The zero-order valence-electron chi connectivity index (χ0n) is 28.3. The number of methoxy groups -OCH3 is 1. The summed E-state index contributed by atoms with van der Waals surface area (Å²) in [4.78, 5) is 69.0. The van der Waals surface area contributed by atoms with Gasteiger partial charge in [-0.2, -0.15) is 4.79 Å². The predicted octanol–water partition coefficient (Wildman–Crippen LogP) is 4.90. The number of para-hydroxylation sites is 1. The third-order valence-electron chi connectivity index (χ3n) is 8.87. The number of imide groups is 1. The van der Waals surface area contributed by atoms with Crippen LogP contribution in [0.1, 0.15) is 98.5 Å². The van der Waals surface area contributed by atoms with Gasteiger partial charge in [0, 0.05) is 35.7 Å². The molecule has 2 aliphatic rings. The van der Waals surface area contributed by atoms with Crippen LogP contribution in [0, 0.1) is 5.41 Å². The largest absolute Gasteiger partial charge is 0.533 e. The molecule has 12 heteroatoms. The van der Waals surface area contributed by atoms with Crippen molar-refractivity contribution >= 4 is 41.2 Å². The number of carbonyl (C=O) groups excluding carboxylic acids is 4. The van der Waals surface area contributed by atoms with Crippen molar-refractivity contribution in [2.24, 2.45) is 11.1 Å². The minimum absolute atomic E-state index is 0.0548. The number of likely N-dealkylation sites (tertiary alicyclic amines) is 1. The van der Waals surface area contributed by atoms with Gasteiger partial charge in [-0.25, -0.2) is 14.4 Å². The fraction of sp³-hybridized carbons (Fsp3) is 0.618. The molecule has 1 aromatic rings. The standard InChI is InChI=1S/C34H51N5O7/c1-8-9-16-26(31(42)43)36-29(40)27(37-32(44)38-21(2)13-12-14-22(38)3)18-23-20-39(33(45)46-7,28-17-11-10-15-24(23)28)30(41)25(35)19-34(4,5)6/h10-11,15,17,20-22,25-27H,8-9,12-14,16,18-19,35H2,1-7H3,(H2-,36,37,40,42,43,44)/p+1/t21-,22+,25-,26+,27-,39?/m0/s1. The van der Waals surface area contributed by atoms with E-state index < -0.39 is 52.5 Å². The normalized spacial score (nSPS) is 23.0. The van der Waals surface area contributed by atoms with E-state index in [2.05, 4.69) is 10.6 Å². The predicted molar refractivity (Wildman–Crippen MR) is 176 cm³/mol. The number of carboxylic acid groups (broad SMARTS) is 1. The van der Waals surface area contributed by atoms with Gasteiger partial charge in [0.05, 0.1) is 7.11 Å². The van der Waals surface area contributed by atoms with E-state index in [4.69, 9.17) is 10.5 Å². The second-order valence-corrected chi connectivity index (χ2v) is 13.9.